The number of likely N-dealkylation sites (tertiary alicyclic amines) is 1. The van der Waals surface area contributed by atoms with Crippen molar-refractivity contribution in [3.8, 4) is 0 Å². The monoisotopic (exact) mass is 356 g/mol. The molecule has 1 saturated carbocycles. The van der Waals surface area contributed by atoms with E-state index in [4.69, 9.17) is 4.98 Å². The van der Waals surface area contributed by atoms with Crippen LogP contribution in [0.4, 0.5) is 0 Å². The van der Waals surface area contributed by atoms with Gasteiger partial charge < -0.3 is 19.9 Å². The van der Waals surface area contributed by atoms with Gasteiger partial charge in [-0.1, -0.05) is 26.0 Å². The Balaban J connectivity index is 1.47. The average Bonchev–Trinajstić information content (AvgIpc) is 3.10. The van der Waals surface area contributed by atoms with E-state index < -0.39 is 0 Å². The maximum absolute atomic E-state index is 10.7. The second kappa shape index (κ2) is 6.63. The molecule has 142 valence electrons. The minimum atomic E-state index is -0.260. The molecule has 2 heterocycles. The van der Waals surface area contributed by atoms with E-state index >= 15 is 0 Å². The lowest BCUT2D eigenvalue weighted by molar-refractivity contribution is -0.0828. The standard InChI is InChI=1S/C21H32N4O/c1-5-25-17-9-7-6-8-15(17)23-19(25)12-22-16-10-21(11-18(16)26)13-24(4)20(21)14(2)3/h6-9,14,16,18,20,22,26H,5,10-13H2,1-4H3/t16-,18-,20?,21?/m1/s1. The van der Waals surface area contributed by atoms with Crippen LogP contribution in [0.25, 0.3) is 11.0 Å². The predicted octanol–water partition coefficient (Wildman–Crippen LogP) is 2.63. The van der Waals surface area contributed by atoms with Crippen LogP contribution in [0.3, 0.4) is 0 Å². The molecule has 1 aliphatic carbocycles. The van der Waals surface area contributed by atoms with Crippen molar-refractivity contribution in [2.45, 2.75) is 64.9 Å². The number of hydrogen-bond acceptors (Lipinski definition) is 4. The van der Waals surface area contributed by atoms with Gasteiger partial charge in [0.1, 0.15) is 5.82 Å². The number of benzene rings is 1. The SMILES string of the molecule is CCn1c(CN[C@@H]2CC3(C[C@H]2O)CN(C)C3C(C)C)nc2ccccc21. The van der Waals surface area contributed by atoms with Crippen LogP contribution in [0.5, 0.6) is 0 Å². The Kier molecular flexibility index (Phi) is 4.58. The highest BCUT2D eigenvalue weighted by Gasteiger charge is 2.57. The third-order valence-electron chi connectivity index (χ3n) is 6.58. The van der Waals surface area contributed by atoms with Crippen molar-refractivity contribution in [1.82, 2.24) is 19.8 Å². The summed E-state index contributed by atoms with van der Waals surface area (Å²) >= 11 is 0. The van der Waals surface area contributed by atoms with Crippen molar-refractivity contribution in [2.75, 3.05) is 13.6 Å². The fourth-order valence-electron chi connectivity index (χ4n) is 5.89. The van der Waals surface area contributed by atoms with E-state index in [2.05, 4.69) is 60.8 Å². The van der Waals surface area contributed by atoms with E-state index in [1.165, 1.54) is 5.52 Å². The lowest BCUT2D eigenvalue weighted by Gasteiger charge is -2.57. The Hall–Kier alpha value is -1.43. The van der Waals surface area contributed by atoms with Gasteiger partial charge in [0.15, 0.2) is 0 Å². The Morgan fingerprint density at radius 3 is 2.77 bits per heavy atom. The molecule has 4 atom stereocenters. The first-order chi connectivity index (χ1) is 12.4. The fraction of sp³-hybridized carbons (Fsp3) is 0.667. The van der Waals surface area contributed by atoms with Gasteiger partial charge >= 0.3 is 0 Å². The van der Waals surface area contributed by atoms with Crippen LogP contribution in [-0.2, 0) is 13.1 Å². The molecule has 2 fully saturated rings. The zero-order chi connectivity index (χ0) is 18.5. The number of aliphatic hydroxyl groups excluding tert-OH is 1. The van der Waals surface area contributed by atoms with E-state index in [0.717, 1.165) is 37.3 Å². The van der Waals surface area contributed by atoms with Crippen LogP contribution < -0.4 is 5.32 Å². The first-order valence-electron chi connectivity index (χ1n) is 10.0. The first-order valence-corrected chi connectivity index (χ1v) is 10.0. The minimum absolute atomic E-state index is 0.162. The van der Waals surface area contributed by atoms with Gasteiger partial charge in [0.05, 0.1) is 23.7 Å². The Labute approximate surface area is 156 Å². The highest BCUT2D eigenvalue weighted by Crippen LogP contribution is 2.52. The number of imidazole rings is 1. The summed E-state index contributed by atoms with van der Waals surface area (Å²) in [6.45, 7) is 9.50. The number of aliphatic hydroxyl groups is 1. The molecule has 2 N–H and O–H groups in total. The molecule has 0 radical (unpaired) electrons. The van der Waals surface area contributed by atoms with Crippen LogP contribution in [0, 0.1) is 11.3 Å². The molecule has 0 amide bonds. The Bertz CT molecular complexity index is 781. The third kappa shape index (κ3) is 2.77. The highest BCUT2D eigenvalue weighted by molar-refractivity contribution is 5.75. The van der Waals surface area contributed by atoms with Crippen molar-refractivity contribution in [1.29, 1.82) is 0 Å². The molecule has 1 aromatic heterocycles. The summed E-state index contributed by atoms with van der Waals surface area (Å²) < 4.78 is 2.27. The summed E-state index contributed by atoms with van der Waals surface area (Å²) in [7, 11) is 2.21. The van der Waals surface area contributed by atoms with Crippen molar-refractivity contribution < 1.29 is 5.11 Å². The smallest absolute Gasteiger partial charge is 0.123 e. The molecular formula is C21H32N4O. The van der Waals surface area contributed by atoms with Gasteiger partial charge in [-0.3, -0.25) is 0 Å². The number of fused-ring (bicyclic) bond motifs is 1. The van der Waals surface area contributed by atoms with E-state index in [9.17, 15) is 5.11 Å². The van der Waals surface area contributed by atoms with Gasteiger partial charge in [-0.2, -0.15) is 0 Å². The maximum atomic E-state index is 10.7. The lowest BCUT2D eigenvalue weighted by Crippen LogP contribution is -2.64. The number of nitrogens with one attached hydrogen (secondary N) is 1. The third-order valence-corrected chi connectivity index (χ3v) is 6.58. The summed E-state index contributed by atoms with van der Waals surface area (Å²) in [5.41, 5.74) is 2.52. The first kappa shape index (κ1) is 18.0. The summed E-state index contributed by atoms with van der Waals surface area (Å²) in [4.78, 5) is 7.26. The van der Waals surface area contributed by atoms with Crippen LogP contribution >= 0.6 is 0 Å². The van der Waals surface area contributed by atoms with Crippen LogP contribution in [0.1, 0.15) is 39.4 Å². The quantitative estimate of drug-likeness (QED) is 0.865. The van der Waals surface area contributed by atoms with Gasteiger partial charge in [-0.05, 0) is 44.9 Å². The van der Waals surface area contributed by atoms with E-state index in [1.807, 2.05) is 6.07 Å². The Morgan fingerprint density at radius 1 is 1.31 bits per heavy atom. The number of hydrogen-bond donors (Lipinski definition) is 2. The van der Waals surface area contributed by atoms with Gasteiger partial charge in [0, 0.05) is 30.6 Å². The van der Waals surface area contributed by atoms with E-state index in [0.29, 0.717) is 18.5 Å². The van der Waals surface area contributed by atoms with Crippen molar-refractivity contribution in [2.24, 2.45) is 11.3 Å². The summed E-state index contributed by atoms with van der Waals surface area (Å²) in [5.74, 6) is 1.69. The van der Waals surface area contributed by atoms with Gasteiger partial charge in [0.2, 0.25) is 0 Å². The van der Waals surface area contributed by atoms with Crippen molar-refractivity contribution >= 4 is 11.0 Å². The zero-order valence-corrected chi connectivity index (χ0v) is 16.4. The zero-order valence-electron chi connectivity index (χ0n) is 16.4. The van der Waals surface area contributed by atoms with Gasteiger partial charge in [0.25, 0.3) is 0 Å². The maximum Gasteiger partial charge on any atom is 0.123 e. The predicted molar refractivity (Wildman–Crippen MR) is 105 cm³/mol. The summed E-state index contributed by atoms with van der Waals surface area (Å²) in [6.07, 6.45) is 1.72. The molecule has 26 heavy (non-hydrogen) atoms. The fourth-order valence-corrected chi connectivity index (χ4v) is 5.89. The lowest BCUT2D eigenvalue weighted by atomic mass is 9.66. The largest absolute Gasteiger partial charge is 0.391 e. The molecule has 0 bridgehead atoms. The second-order valence-corrected chi connectivity index (χ2v) is 8.69. The number of rotatable bonds is 5. The Morgan fingerprint density at radius 2 is 2.08 bits per heavy atom. The van der Waals surface area contributed by atoms with Crippen LogP contribution in [-0.4, -0.2) is 51.3 Å². The number of aromatic nitrogens is 2. The number of nitrogens with zero attached hydrogens (tertiary/aromatic N) is 3. The highest BCUT2D eigenvalue weighted by atomic mass is 16.3. The molecule has 1 aromatic carbocycles. The second-order valence-electron chi connectivity index (χ2n) is 8.69. The molecular weight excluding hydrogens is 324 g/mol. The molecule has 1 aliphatic heterocycles. The molecule has 2 unspecified atom stereocenters. The number of aryl methyl sites for hydroxylation is 1. The van der Waals surface area contributed by atoms with Crippen molar-refractivity contribution in [3.63, 3.8) is 0 Å². The molecule has 1 spiro atoms. The molecule has 2 aliphatic rings. The minimum Gasteiger partial charge on any atom is -0.391 e. The van der Waals surface area contributed by atoms with Gasteiger partial charge in [-0.25, -0.2) is 4.98 Å². The topological polar surface area (TPSA) is 53.3 Å². The molecule has 2 aromatic rings. The number of para-hydroxylation sites is 2. The van der Waals surface area contributed by atoms with E-state index in [1.54, 1.807) is 0 Å². The van der Waals surface area contributed by atoms with Crippen molar-refractivity contribution in [3.05, 3.63) is 30.1 Å². The van der Waals surface area contributed by atoms with E-state index in [-0.39, 0.29) is 17.6 Å². The van der Waals surface area contributed by atoms with Crippen LogP contribution in [0.2, 0.25) is 0 Å². The molecule has 5 nitrogen and oxygen atoms in total. The van der Waals surface area contributed by atoms with Gasteiger partial charge in [-0.15, -0.1) is 0 Å². The molecule has 4 rings (SSSR count). The molecule has 5 heteroatoms. The molecule has 1 saturated heterocycles. The van der Waals surface area contributed by atoms with Crippen LogP contribution in [0.15, 0.2) is 24.3 Å². The normalized spacial score (nSPS) is 32.0. The average molecular weight is 357 g/mol. The summed E-state index contributed by atoms with van der Waals surface area (Å²) in [6, 6.07) is 9.06. The summed E-state index contributed by atoms with van der Waals surface area (Å²) in [5, 5.41) is 14.3.